The summed E-state index contributed by atoms with van der Waals surface area (Å²) < 4.78 is 6.52. The minimum atomic E-state index is -0.452. The molecule has 1 unspecified atom stereocenters. The number of nitrogens with zero attached hydrogens (tertiary/aromatic N) is 2. The number of hydrogen-bond donors (Lipinski definition) is 3. The lowest BCUT2D eigenvalue weighted by Crippen LogP contribution is -2.44. The third-order valence-corrected chi connectivity index (χ3v) is 8.07. The number of aryl methyl sites for hydroxylation is 1. The van der Waals surface area contributed by atoms with Crippen LogP contribution >= 0.6 is 11.3 Å². The number of anilines is 3. The number of nitrogens with one attached hydrogen (secondary N) is 2. The van der Waals surface area contributed by atoms with Gasteiger partial charge in [-0.05, 0) is 63.5 Å². The lowest BCUT2D eigenvalue weighted by Gasteiger charge is -2.36. The van der Waals surface area contributed by atoms with Crippen LogP contribution in [0.15, 0.2) is 18.2 Å². The topological polar surface area (TPSA) is 86.7 Å². The van der Waals surface area contributed by atoms with Crippen molar-refractivity contribution in [3.05, 3.63) is 28.8 Å². The van der Waals surface area contributed by atoms with E-state index < -0.39 is 6.10 Å². The van der Waals surface area contributed by atoms with Crippen molar-refractivity contribution in [1.29, 1.82) is 0 Å². The Morgan fingerprint density at radius 2 is 2.03 bits per heavy atom. The number of piperidine rings is 1. The second kappa shape index (κ2) is 9.89. The number of carbonyl (C=O) groups excluding carboxylic acids is 1. The molecule has 1 atom stereocenters. The molecule has 5 rings (SSSR count). The van der Waals surface area contributed by atoms with E-state index in [0.717, 1.165) is 86.0 Å². The van der Waals surface area contributed by atoms with E-state index in [1.165, 1.54) is 11.3 Å². The Kier molecular flexibility index (Phi) is 6.74. The molecule has 2 aliphatic carbocycles. The highest BCUT2D eigenvalue weighted by Gasteiger charge is 2.28. The molecule has 0 bridgehead atoms. The molecule has 178 valence electrons. The zero-order valence-electron chi connectivity index (χ0n) is 19.3. The second-order valence-electron chi connectivity index (χ2n) is 9.37. The number of benzene rings is 1. The number of ether oxygens (including phenoxy) is 1. The van der Waals surface area contributed by atoms with Crippen LogP contribution in [0.1, 0.15) is 75.0 Å². The summed E-state index contributed by atoms with van der Waals surface area (Å²) in [4.78, 5) is 20.1. The summed E-state index contributed by atoms with van der Waals surface area (Å²) in [5.74, 6) is 1.02. The molecule has 8 heteroatoms. The van der Waals surface area contributed by atoms with E-state index in [4.69, 9.17) is 9.72 Å². The molecule has 2 heterocycles. The number of aromatic nitrogens is 1. The number of amides is 1. The molecule has 1 aromatic carbocycles. The smallest absolute Gasteiger partial charge is 0.219 e. The van der Waals surface area contributed by atoms with Gasteiger partial charge in [-0.1, -0.05) is 13.0 Å². The Labute approximate surface area is 199 Å². The fraction of sp³-hybridized carbons (Fsp3) is 0.600. The largest absolute Gasteiger partial charge is 0.486 e. The van der Waals surface area contributed by atoms with Gasteiger partial charge in [0, 0.05) is 30.4 Å². The monoisotopic (exact) mass is 470 g/mol. The number of hydrogen-bond acceptors (Lipinski definition) is 7. The molecular weight excluding hydrogens is 436 g/mol. The van der Waals surface area contributed by atoms with Crippen molar-refractivity contribution in [1.82, 2.24) is 10.3 Å². The van der Waals surface area contributed by atoms with Crippen molar-refractivity contribution in [3.8, 4) is 5.75 Å². The Morgan fingerprint density at radius 3 is 2.73 bits per heavy atom. The van der Waals surface area contributed by atoms with Crippen LogP contribution < -0.4 is 20.3 Å². The fourth-order valence-electron chi connectivity index (χ4n) is 4.81. The SMILES string of the molecule is CCC(=O)NC1CCN(c2cccc(Nc3nc4c(s3)CCCC4O)c2OC2CCC2)CC1. The van der Waals surface area contributed by atoms with Crippen molar-refractivity contribution < 1.29 is 14.6 Å². The highest BCUT2D eigenvalue weighted by atomic mass is 32.1. The minimum absolute atomic E-state index is 0.130. The highest BCUT2D eigenvalue weighted by Crippen LogP contribution is 2.43. The lowest BCUT2D eigenvalue weighted by molar-refractivity contribution is -0.121. The van der Waals surface area contributed by atoms with Gasteiger partial charge in [0.1, 0.15) is 0 Å². The van der Waals surface area contributed by atoms with Gasteiger partial charge in [-0.15, -0.1) is 11.3 Å². The zero-order chi connectivity index (χ0) is 22.8. The van der Waals surface area contributed by atoms with Crippen LogP contribution in [0.5, 0.6) is 5.75 Å². The predicted molar refractivity (Wildman–Crippen MR) is 132 cm³/mol. The number of rotatable bonds is 7. The van der Waals surface area contributed by atoms with E-state index in [9.17, 15) is 9.90 Å². The first kappa shape index (κ1) is 22.5. The van der Waals surface area contributed by atoms with Crippen molar-refractivity contribution in [2.45, 2.75) is 83.0 Å². The summed E-state index contributed by atoms with van der Waals surface area (Å²) in [6.07, 6.45) is 8.40. The van der Waals surface area contributed by atoms with Gasteiger partial charge >= 0.3 is 0 Å². The molecule has 3 N–H and O–H groups in total. The maximum absolute atomic E-state index is 11.8. The van der Waals surface area contributed by atoms with Gasteiger partial charge in [0.05, 0.1) is 29.3 Å². The van der Waals surface area contributed by atoms with Crippen LogP contribution in [0.3, 0.4) is 0 Å². The maximum Gasteiger partial charge on any atom is 0.219 e. The summed E-state index contributed by atoms with van der Waals surface area (Å²) >= 11 is 1.64. The molecule has 1 aliphatic heterocycles. The van der Waals surface area contributed by atoms with Gasteiger partial charge in [0.25, 0.3) is 0 Å². The van der Waals surface area contributed by atoms with Crippen LogP contribution in [-0.2, 0) is 11.2 Å². The molecule has 0 spiro atoms. The lowest BCUT2D eigenvalue weighted by atomic mass is 9.96. The number of para-hydroxylation sites is 1. The molecule has 1 saturated carbocycles. The van der Waals surface area contributed by atoms with Gasteiger partial charge in [0.15, 0.2) is 10.9 Å². The molecule has 1 saturated heterocycles. The normalized spacial score (nSPS) is 21.3. The zero-order valence-corrected chi connectivity index (χ0v) is 20.1. The van der Waals surface area contributed by atoms with Crippen molar-refractivity contribution >= 4 is 33.8 Å². The second-order valence-corrected chi connectivity index (χ2v) is 10.5. The van der Waals surface area contributed by atoms with Crippen molar-refractivity contribution in [3.63, 3.8) is 0 Å². The minimum Gasteiger partial charge on any atom is -0.486 e. The third-order valence-electron chi connectivity index (χ3n) is 7.02. The number of carbonyl (C=O) groups is 1. The highest BCUT2D eigenvalue weighted by molar-refractivity contribution is 7.15. The molecule has 2 aromatic rings. The summed E-state index contributed by atoms with van der Waals surface area (Å²) in [6, 6.07) is 6.51. The van der Waals surface area contributed by atoms with E-state index >= 15 is 0 Å². The van der Waals surface area contributed by atoms with E-state index in [2.05, 4.69) is 33.7 Å². The van der Waals surface area contributed by atoms with Crippen LogP contribution in [0.2, 0.25) is 0 Å². The fourth-order valence-corrected chi connectivity index (χ4v) is 5.88. The average molecular weight is 471 g/mol. The first-order valence-electron chi connectivity index (χ1n) is 12.4. The van der Waals surface area contributed by atoms with Gasteiger partial charge in [-0.25, -0.2) is 4.98 Å². The molecule has 2 fully saturated rings. The summed E-state index contributed by atoms with van der Waals surface area (Å²) in [5.41, 5.74) is 2.87. The molecule has 33 heavy (non-hydrogen) atoms. The number of fused-ring (bicyclic) bond motifs is 1. The van der Waals surface area contributed by atoms with Crippen LogP contribution in [0, 0.1) is 0 Å². The Hall–Kier alpha value is -2.32. The van der Waals surface area contributed by atoms with Crippen LogP contribution in [0.25, 0.3) is 0 Å². The molecular formula is C25H34N4O3S. The van der Waals surface area contributed by atoms with E-state index in [-0.39, 0.29) is 18.1 Å². The van der Waals surface area contributed by atoms with Gasteiger partial charge < -0.3 is 25.4 Å². The van der Waals surface area contributed by atoms with Gasteiger partial charge in [-0.2, -0.15) is 0 Å². The average Bonchev–Trinajstić information content (AvgIpc) is 3.21. The molecule has 1 amide bonds. The first-order valence-corrected chi connectivity index (χ1v) is 13.2. The van der Waals surface area contributed by atoms with Gasteiger partial charge in [0.2, 0.25) is 5.91 Å². The molecule has 1 aromatic heterocycles. The summed E-state index contributed by atoms with van der Waals surface area (Å²) in [6.45, 7) is 3.67. The van der Waals surface area contributed by atoms with Crippen molar-refractivity contribution in [2.24, 2.45) is 0 Å². The Bertz CT molecular complexity index is 982. The first-order chi connectivity index (χ1) is 16.1. The van der Waals surface area contributed by atoms with Crippen molar-refractivity contribution in [2.75, 3.05) is 23.3 Å². The predicted octanol–water partition coefficient (Wildman–Crippen LogP) is 4.68. The Balaban J connectivity index is 1.36. The number of aliphatic hydroxyl groups excluding tert-OH is 1. The molecule has 7 nitrogen and oxygen atoms in total. The van der Waals surface area contributed by atoms with Crippen LogP contribution in [0.4, 0.5) is 16.5 Å². The maximum atomic E-state index is 11.8. The molecule has 0 radical (unpaired) electrons. The standard InChI is InChI=1S/C25H34N4O3S/c1-2-22(31)26-16-12-14-29(15-13-16)19-9-4-8-18(24(19)32-17-6-3-7-17)27-25-28-23-20(30)10-5-11-21(23)33-25/h4,8-9,16-17,20,30H,2-3,5-7,10-15H2,1H3,(H,26,31)(H,27,28). The molecule has 3 aliphatic rings. The summed E-state index contributed by atoms with van der Waals surface area (Å²) in [5, 5.41) is 17.8. The van der Waals surface area contributed by atoms with E-state index in [0.29, 0.717) is 6.42 Å². The number of aliphatic hydroxyl groups is 1. The Morgan fingerprint density at radius 1 is 1.21 bits per heavy atom. The van der Waals surface area contributed by atoms with E-state index in [1.54, 1.807) is 11.3 Å². The summed E-state index contributed by atoms with van der Waals surface area (Å²) in [7, 11) is 0. The van der Waals surface area contributed by atoms with Crippen LogP contribution in [-0.4, -0.2) is 41.2 Å². The third kappa shape index (κ3) is 4.96. The van der Waals surface area contributed by atoms with Gasteiger partial charge in [-0.3, -0.25) is 4.79 Å². The van der Waals surface area contributed by atoms with E-state index in [1.807, 2.05) is 6.92 Å². The number of thiazole rings is 1. The quantitative estimate of drug-likeness (QED) is 0.545.